The van der Waals surface area contributed by atoms with Gasteiger partial charge in [-0.1, -0.05) is 42.5 Å². The van der Waals surface area contributed by atoms with E-state index < -0.39 is 0 Å². The van der Waals surface area contributed by atoms with E-state index in [1.54, 1.807) is 4.90 Å². The summed E-state index contributed by atoms with van der Waals surface area (Å²) in [7, 11) is 5.37. The first-order chi connectivity index (χ1) is 12.4. The number of hydrogen-bond donors (Lipinski definition) is 0. The smallest absolute Gasteiger partial charge is 0.305 e. The molecule has 1 aliphatic rings. The van der Waals surface area contributed by atoms with Crippen molar-refractivity contribution in [2.24, 2.45) is 0 Å². The largest absolute Gasteiger partial charge is 0.469 e. The van der Waals surface area contributed by atoms with Gasteiger partial charge in [-0.15, -0.1) is 0 Å². The Morgan fingerprint density at radius 3 is 2.54 bits per heavy atom. The van der Waals surface area contributed by atoms with Gasteiger partial charge in [0.15, 0.2) is 0 Å². The molecule has 0 atom stereocenters. The Kier molecular flexibility index (Phi) is 7.66. The van der Waals surface area contributed by atoms with Gasteiger partial charge in [0, 0.05) is 32.7 Å². The van der Waals surface area contributed by atoms with E-state index in [1.807, 2.05) is 49.3 Å². The number of methoxy groups -OCH3 is 1. The molecule has 0 N–H and O–H groups in total. The van der Waals surface area contributed by atoms with Crippen LogP contribution in [0.2, 0.25) is 0 Å². The van der Waals surface area contributed by atoms with Crippen molar-refractivity contribution in [2.45, 2.75) is 25.7 Å². The molecule has 140 valence electrons. The van der Waals surface area contributed by atoms with Crippen molar-refractivity contribution in [3.63, 3.8) is 0 Å². The minimum atomic E-state index is -0.196. The van der Waals surface area contributed by atoms with E-state index in [9.17, 15) is 9.59 Å². The maximum Gasteiger partial charge on any atom is 0.305 e. The SMILES string of the molecule is COC(=O)CCCCCN1C(=O)/C(=C\c2ccc(N(C)C)cc2)SC1=S. The van der Waals surface area contributed by atoms with Crippen molar-refractivity contribution in [1.29, 1.82) is 0 Å². The fourth-order valence-electron chi connectivity index (χ4n) is 2.53. The third-order valence-corrected chi connectivity index (χ3v) is 5.45. The number of rotatable bonds is 8. The van der Waals surface area contributed by atoms with Crippen LogP contribution in [0.4, 0.5) is 5.69 Å². The molecule has 2 rings (SSSR count). The number of carbonyl (C=O) groups is 2. The first-order valence-corrected chi connectivity index (χ1v) is 9.74. The van der Waals surface area contributed by atoms with Crippen LogP contribution in [0.3, 0.4) is 0 Å². The molecule has 0 saturated carbocycles. The highest BCUT2D eigenvalue weighted by Gasteiger charge is 2.31. The summed E-state index contributed by atoms with van der Waals surface area (Å²) in [4.78, 5) is 28.0. The topological polar surface area (TPSA) is 49.9 Å². The number of thiocarbonyl (C=S) groups is 1. The van der Waals surface area contributed by atoms with Crippen LogP contribution in [0.25, 0.3) is 6.08 Å². The predicted octanol–water partition coefficient (Wildman–Crippen LogP) is 3.69. The summed E-state index contributed by atoms with van der Waals surface area (Å²) in [6.45, 7) is 0.586. The quantitative estimate of drug-likeness (QED) is 0.291. The molecule has 0 unspecified atom stereocenters. The number of carbonyl (C=O) groups excluding carboxylic acids is 2. The van der Waals surface area contributed by atoms with Crippen LogP contribution in [0.5, 0.6) is 0 Å². The average Bonchev–Trinajstić information content (AvgIpc) is 2.88. The van der Waals surface area contributed by atoms with Crippen LogP contribution in [0.1, 0.15) is 31.2 Å². The van der Waals surface area contributed by atoms with Crippen molar-refractivity contribution in [3.05, 3.63) is 34.7 Å². The highest BCUT2D eigenvalue weighted by atomic mass is 32.2. The van der Waals surface area contributed by atoms with Gasteiger partial charge in [0.1, 0.15) is 4.32 Å². The molecule has 0 bridgehead atoms. The molecule has 1 saturated heterocycles. The number of amides is 1. The summed E-state index contributed by atoms with van der Waals surface area (Å²) in [5.41, 5.74) is 2.09. The number of benzene rings is 1. The van der Waals surface area contributed by atoms with Crippen LogP contribution in [-0.2, 0) is 14.3 Å². The minimum absolute atomic E-state index is 0.0374. The standard InChI is InChI=1S/C19H24N2O3S2/c1-20(2)15-10-8-14(9-11-15)13-16-18(23)21(19(25)26-16)12-6-4-5-7-17(22)24-3/h8-11,13H,4-7,12H2,1-3H3/b16-13+. The van der Waals surface area contributed by atoms with E-state index in [0.29, 0.717) is 22.2 Å². The van der Waals surface area contributed by atoms with Crippen molar-refractivity contribution < 1.29 is 14.3 Å². The fourth-order valence-corrected chi connectivity index (χ4v) is 3.84. The minimum Gasteiger partial charge on any atom is -0.469 e. The van der Waals surface area contributed by atoms with Gasteiger partial charge < -0.3 is 9.64 Å². The summed E-state index contributed by atoms with van der Waals surface area (Å²) in [5.74, 6) is -0.233. The molecule has 1 aromatic carbocycles. The van der Waals surface area contributed by atoms with Crippen molar-refractivity contribution in [2.75, 3.05) is 32.6 Å². The second-order valence-electron chi connectivity index (χ2n) is 6.21. The van der Waals surface area contributed by atoms with E-state index in [4.69, 9.17) is 12.2 Å². The molecule has 0 aromatic heterocycles. The monoisotopic (exact) mass is 392 g/mol. The van der Waals surface area contributed by atoms with Gasteiger partial charge in [-0.05, 0) is 36.6 Å². The Labute approximate surface area is 164 Å². The Morgan fingerprint density at radius 2 is 1.92 bits per heavy atom. The first-order valence-electron chi connectivity index (χ1n) is 8.52. The molecule has 7 heteroatoms. The molecule has 0 spiro atoms. The Morgan fingerprint density at radius 1 is 1.23 bits per heavy atom. The molecular formula is C19H24N2O3S2. The summed E-state index contributed by atoms with van der Waals surface area (Å²) < 4.78 is 5.21. The molecule has 5 nitrogen and oxygen atoms in total. The Bertz CT molecular complexity index is 699. The van der Waals surface area contributed by atoms with Gasteiger partial charge in [0.05, 0.1) is 12.0 Å². The molecule has 1 aliphatic heterocycles. The third kappa shape index (κ3) is 5.57. The molecular weight excluding hydrogens is 368 g/mol. The van der Waals surface area contributed by atoms with Gasteiger partial charge in [0.2, 0.25) is 0 Å². The number of esters is 1. The van der Waals surface area contributed by atoms with E-state index in [1.165, 1.54) is 18.9 Å². The van der Waals surface area contributed by atoms with Gasteiger partial charge in [-0.25, -0.2) is 0 Å². The molecule has 1 fully saturated rings. The lowest BCUT2D eigenvalue weighted by Gasteiger charge is -2.14. The number of hydrogen-bond acceptors (Lipinski definition) is 6. The summed E-state index contributed by atoms with van der Waals surface area (Å²) in [6.07, 6.45) is 4.73. The van der Waals surface area contributed by atoms with E-state index in [2.05, 4.69) is 4.74 Å². The van der Waals surface area contributed by atoms with Gasteiger partial charge in [0.25, 0.3) is 5.91 Å². The van der Waals surface area contributed by atoms with E-state index in [-0.39, 0.29) is 11.9 Å². The zero-order chi connectivity index (χ0) is 19.1. The average molecular weight is 393 g/mol. The van der Waals surface area contributed by atoms with Crippen LogP contribution in [0.15, 0.2) is 29.2 Å². The Balaban J connectivity index is 1.90. The molecule has 26 heavy (non-hydrogen) atoms. The highest BCUT2D eigenvalue weighted by Crippen LogP contribution is 2.33. The third-order valence-electron chi connectivity index (χ3n) is 4.07. The number of nitrogens with zero attached hydrogens (tertiary/aromatic N) is 2. The summed E-state index contributed by atoms with van der Waals surface area (Å²) in [5, 5.41) is 0. The zero-order valence-electron chi connectivity index (χ0n) is 15.4. The fraction of sp³-hybridized carbons (Fsp3) is 0.421. The lowest BCUT2D eigenvalue weighted by atomic mass is 10.1. The van der Waals surface area contributed by atoms with Gasteiger partial charge >= 0.3 is 5.97 Å². The predicted molar refractivity (Wildman–Crippen MR) is 111 cm³/mol. The number of anilines is 1. The van der Waals surface area contributed by atoms with Gasteiger partial charge in [-0.2, -0.15) is 0 Å². The van der Waals surface area contributed by atoms with Gasteiger partial charge in [-0.3, -0.25) is 14.5 Å². The molecule has 1 aromatic rings. The van der Waals surface area contributed by atoms with Crippen LogP contribution in [0, 0.1) is 0 Å². The summed E-state index contributed by atoms with van der Waals surface area (Å²) in [6, 6.07) is 8.03. The van der Waals surface area contributed by atoms with E-state index in [0.717, 1.165) is 30.5 Å². The maximum absolute atomic E-state index is 12.6. The first kappa shape index (κ1) is 20.5. The van der Waals surface area contributed by atoms with Crippen LogP contribution in [-0.4, -0.2) is 48.8 Å². The molecule has 0 aliphatic carbocycles. The highest BCUT2D eigenvalue weighted by molar-refractivity contribution is 8.26. The zero-order valence-corrected chi connectivity index (χ0v) is 17.0. The van der Waals surface area contributed by atoms with Crippen molar-refractivity contribution in [1.82, 2.24) is 4.90 Å². The lowest BCUT2D eigenvalue weighted by molar-refractivity contribution is -0.140. The normalized spacial score (nSPS) is 15.7. The Hall–Kier alpha value is -1.86. The number of unbranched alkanes of at least 4 members (excludes halogenated alkanes) is 2. The van der Waals surface area contributed by atoms with Crippen LogP contribution < -0.4 is 4.90 Å². The molecule has 0 radical (unpaired) electrons. The van der Waals surface area contributed by atoms with Crippen molar-refractivity contribution in [3.8, 4) is 0 Å². The lowest BCUT2D eigenvalue weighted by Crippen LogP contribution is -2.29. The molecule has 1 amide bonds. The second kappa shape index (κ2) is 9.73. The number of thioether (sulfide) groups is 1. The molecule has 1 heterocycles. The maximum atomic E-state index is 12.6. The van der Waals surface area contributed by atoms with Crippen LogP contribution >= 0.6 is 24.0 Å². The summed E-state index contributed by atoms with van der Waals surface area (Å²) >= 11 is 6.69. The van der Waals surface area contributed by atoms with Crippen molar-refractivity contribution >= 4 is 51.9 Å². The van der Waals surface area contributed by atoms with E-state index >= 15 is 0 Å². The second-order valence-corrected chi connectivity index (χ2v) is 7.88. The number of ether oxygens (including phenoxy) is 1.